The fourth-order valence-electron chi connectivity index (χ4n) is 5.34. The molecular formula is C29H38N4O3. The Labute approximate surface area is 214 Å². The van der Waals surface area contributed by atoms with E-state index >= 15 is 0 Å². The monoisotopic (exact) mass is 490 g/mol. The van der Waals surface area contributed by atoms with E-state index in [1.807, 2.05) is 50.2 Å². The van der Waals surface area contributed by atoms with Crippen LogP contribution in [0, 0.1) is 12.8 Å². The predicted octanol–water partition coefficient (Wildman–Crippen LogP) is 4.34. The number of likely N-dealkylation sites (tertiary alicyclic amines) is 1. The third-order valence-corrected chi connectivity index (χ3v) is 7.39. The molecule has 1 aromatic heterocycles. The number of nitrogens with zero attached hydrogens (tertiary/aromatic N) is 4. The summed E-state index contributed by atoms with van der Waals surface area (Å²) < 4.78 is 12.6. The van der Waals surface area contributed by atoms with E-state index in [-0.39, 0.29) is 11.9 Å². The molecule has 1 amide bonds. The summed E-state index contributed by atoms with van der Waals surface area (Å²) in [6.07, 6.45) is 2.92. The third kappa shape index (κ3) is 5.90. The van der Waals surface area contributed by atoms with Gasteiger partial charge in [0.1, 0.15) is 17.2 Å². The molecule has 1 saturated heterocycles. The molecule has 3 aromatic rings. The van der Waals surface area contributed by atoms with Gasteiger partial charge >= 0.3 is 0 Å². The largest absolute Gasteiger partial charge is 0.497 e. The van der Waals surface area contributed by atoms with E-state index in [0.29, 0.717) is 11.6 Å². The number of aryl methyl sites for hydroxylation is 2. The maximum absolute atomic E-state index is 13.5. The predicted molar refractivity (Wildman–Crippen MR) is 142 cm³/mol. The molecule has 0 unspecified atom stereocenters. The van der Waals surface area contributed by atoms with Gasteiger partial charge in [0.25, 0.3) is 5.91 Å². The van der Waals surface area contributed by atoms with E-state index in [1.54, 1.807) is 18.9 Å². The van der Waals surface area contributed by atoms with Crippen molar-refractivity contribution in [2.75, 3.05) is 34.4 Å². The highest BCUT2D eigenvalue weighted by molar-refractivity contribution is 5.92. The van der Waals surface area contributed by atoms with Crippen molar-refractivity contribution in [1.29, 1.82) is 0 Å². The number of benzene rings is 2. The molecule has 4 rings (SSSR count). The van der Waals surface area contributed by atoms with Crippen LogP contribution < -0.4 is 9.47 Å². The van der Waals surface area contributed by atoms with Crippen LogP contribution in [0.15, 0.2) is 54.6 Å². The van der Waals surface area contributed by atoms with Gasteiger partial charge in [-0.15, -0.1) is 0 Å². The fraction of sp³-hybridized carbons (Fsp3) is 0.448. The Morgan fingerprint density at radius 3 is 2.42 bits per heavy atom. The lowest BCUT2D eigenvalue weighted by Gasteiger charge is -2.40. The highest BCUT2D eigenvalue weighted by atomic mass is 16.5. The molecule has 192 valence electrons. The first-order valence-electron chi connectivity index (χ1n) is 12.6. The fourth-order valence-corrected chi connectivity index (χ4v) is 5.34. The maximum atomic E-state index is 13.5. The van der Waals surface area contributed by atoms with Gasteiger partial charge in [0.05, 0.1) is 19.9 Å². The number of amides is 1. The van der Waals surface area contributed by atoms with Crippen LogP contribution in [0.3, 0.4) is 0 Å². The Morgan fingerprint density at radius 1 is 1.08 bits per heavy atom. The second kappa shape index (κ2) is 11.6. The molecule has 0 spiro atoms. The third-order valence-electron chi connectivity index (χ3n) is 7.39. The van der Waals surface area contributed by atoms with Gasteiger partial charge in [0.2, 0.25) is 0 Å². The summed E-state index contributed by atoms with van der Waals surface area (Å²) in [5, 5.41) is 4.39. The average molecular weight is 491 g/mol. The van der Waals surface area contributed by atoms with E-state index < -0.39 is 0 Å². The van der Waals surface area contributed by atoms with Crippen molar-refractivity contribution in [1.82, 2.24) is 19.6 Å². The topological polar surface area (TPSA) is 59.8 Å². The normalized spacial score (nSPS) is 15.5. The van der Waals surface area contributed by atoms with Crippen molar-refractivity contribution in [3.63, 3.8) is 0 Å². The van der Waals surface area contributed by atoms with Crippen LogP contribution in [0.4, 0.5) is 0 Å². The first kappa shape index (κ1) is 25.8. The van der Waals surface area contributed by atoms with Crippen LogP contribution in [0.25, 0.3) is 0 Å². The quantitative estimate of drug-likeness (QED) is 0.447. The van der Waals surface area contributed by atoms with Gasteiger partial charge in [0.15, 0.2) is 0 Å². The van der Waals surface area contributed by atoms with Crippen LogP contribution in [0.2, 0.25) is 0 Å². The number of carbonyl (C=O) groups is 1. The minimum absolute atomic E-state index is 0.0319. The van der Waals surface area contributed by atoms with Gasteiger partial charge in [-0.05, 0) is 62.9 Å². The molecule has 0 bridgehead atoms. The molecule has 0 N–H and O–H groups in total. The van der Waals surface area contributed by atoms with Crippen molar-refractivity contribution < 1.29 is 14.3 Å². The first-order chi connectivity index (χ1) is 17.4. The molecule has 7 nitrogen and oxygen atoms in total. The van der Waals surface area contributed by atoms with Gasteiger partial charge in [0, 0.05) is 38.3 Å². The van der Waals surface area contributed by atoms with E-state index in [1.165, 1.54) is 5.56 Å². The number of rotatable bonds is 9. The summed E-state index contributed by atoms with van der Waals surface area (Å²) in [5.74, 6) is 2.11. The minimum atomic E-state index is 0.0319. The zero-order valence-corrected chi connectivity index (χ0v) is 22.1. The molecule has 1 fully saturated rings. The maximum Gasteiger partial charge on any atom is 0.272 e. The molecule has 1 aliphatic rings. The van der Waals surface area contributed by atoms with Crippen LogP contribution in [0.1, 0.15) is 40.2 Å². The van der Waals surface area contributed by atoms with E-state index in [2.05, 4.69) is 40.3 Å². The zero-order chi connectivity index (χ0) is 25.7. The first-order valence-corrected chi connectivity index (χ1v) is 12.6. The van der Waals surface area contributed by atoms with Crippen LogP contribution in [0.5, 0.6) is 11.5 Å². The molecule has 1 aliphatic heterocycles. The Kier molecular flexibility index (Phi) is 8.31. The van der Waals surface area contributed by atoms with Crippen molar-refractivity contribution in [3.05, 3.63) is 77.1 Å². The Bertz CT molecular complexity index is 1150. The van der Waals surface area contributed by atoms with Gasteiger partial charge in [-0.25, -0.2) is 0 Å². The number of hydrogen-bond donors (Lipinski definition) is 0. The molecule has 0 saturated carbocycles. The minimum Gasteiger partial charge on any atom is -0.497 e. The number of likely N-dealkylation sites (N-methyl/N-ethyl adjacent to an activating group) is 1. The lowest BCUT2D eigenvalue weighted by Crippen LogP contribution is -2.47. The van der Waals surface area contributed by atoms with E-state index in [4.69, 9.17) is 9.47 Å². The van der Waals surface area contributed by atoms with Gasteiger partial charge in [-0.3, -0.25) is 14.4 Å². The standard InChI is InChI=1S/C29H38N4O3/c1-21-17-27(32(3)30-21)29(34)31(2)26(18-22-9-7-6-8-10-22)23-13-15-33(16-14-23)20-24-11-12-25(35-4)19-28(24)36-5/h6-12,17,19,23,26H,13-16,18,20H2,1-5H3/t26-/m0/s1. The van der Waals surface area contributed by atoms with Gasteiger partial charge < -0.3 is 14.4 Å². The Morgan fingerprint density at radius 2 is 1.81 bits per heavy atom. The summed E-state index contributed by atoms with van der Waals surface area (Å²) in [5.41, 5.74) is 3.92. The molecule has 2 aromatic carbocycles. The number of hydrogen-bond acceptors (Lipinski definition) is 5. The number of carbonyl (C=O) groups excluding carboxylic acids is 1. The van der Waals surface area contributed by atoms with Crippen LogP contribution in [-0.4, -0.2) is 65.9 Å². The van der Waals surface area contributed by atoms with Crippen molar-refractivity contribution >= 4 is 5.91 Å². The van der Waals surface area contributed by atoms with E-state index in [0.717, 1.165) is 61.7 Å². The second-order valence-electron chi connectivity index (χ2n) is 9.76. The summed E-state index contributed by atoms with van der Waals surface area (Å²) in [4.78, 5) is 17.9. The summed E-state index contributed by atoms with van der Waals surface area (Å²) in [6.45, 7) is 4.73. The Balaban J connectivity index is 1.47. The summed E-state index contributed by atoms with van der Waals surface area (Å²) in [6, 6.07) is 18.5. The lowest BCUT2D eigenvalue weighted by molar-refractivity contribution is 0.0574. The molecule has 1 atom stereocenters. The van der Waals surface area contributed by atoms with Crippen LogP contribution >= 0.6 is 0 Å². The molecular weight excluding hydrogens is 452 g/mol. The highest BCUT2D eigenvalue weighted by Gasteiger charge is 2.33. The van der Waals surface area contributed by atoms with Gasteiger partial charge in [-0.2, -0.15) is 5.10 Å². The molecule has 0 radical (unpaired) electrons. The zero-order valence-electron chi connectivity index (χ0n) is 22.1. The molecule has 7 heteroatoms. The summed E-state index contributed by atoms with van der Waals surface area (Å²) in [7, 11) is 7.16. The summed E-state index contributed by atoms with van der Waals surface area (Å²) >= 11 is 0. The molecule has 2 heterocycles. The highest BCUT2D eigenvalue weighted by Crippen LogP contribution is 2.30. The molecule has 36 heavy (non-hydrogen) atoms. The number of ether oxygens (including phenoxy) is 2. The Hall–Kier alpha value is -3.32. The van der Waals surface area contributed by atoms with Gasteiger partial charge in [-0.1, -0.05) is 36.4 Å². The average Bonchev–Trinajstić information content (AvgIpc) is 3.25. The van der Waals surface area contributed by atoms with Crippen LogP contribution in [-0.2, 0) is 20.0 Å². The van der Waals surface area contributed by atoms with Crippen molar-refractivity contribution in [3.8, 4) is 11.5 Å². The number of aromatic nitrogens is 2. The van der Waals surface area contributed by atoms with Crippen molar-refractivity contribution in [2.45, 2.75) is 38.8 Å². The second-order valence-corrected chi connectivity index (χ2v) is 9.76. The SMILES string of the molecule is COc1ccc(CN2CCC([C@H](Cc3ccccc3)N(C)C(=O)c3cc(C)nn3C)CC2)c(OC)c1. The molecule has 0 aliphatic carbocycles. The number of methoxy groups -OCH3 is 2. The number of piperidine rings is 1. The lowest BCUT2D eigenvalue weighted by atomic mass is 9.84. The van der Waals surface area contributed by atoms with Crippen molar-refractivity contribution in [2.24, 2.45) is 13.0 Å². The smallest absolute Gasteiger partial charge is 0.272 e. The van der Waals surface area contributed by atoms with E-state index in [9.17, 15) is 4.79 Å².